The summed E-state index contributed by atoms with van der Waals surface area (Å²) in [5, 5.41) is 12.2. The van der Waals surface area contributed by atoms with E-state index in [1.165, 1.54) is 10.0 Å². The summed E-state index contributed by atoms with van der Waals surface area (Å²) in [6, 6.07) is 18.1. The third kappa shape index (κ3) is 13.0. The Balaban J connectivity index is 0.000000263. The third-order valence-electron chi connectivity index (χ3n) is 12.4. The van der Waals surface area contributed by atoms with Crippen molar-refractivity contribution in [3.63, 3.8) is 0 Å². The molecule has 6 rings (SSSR count). The Kier molecular flexibility index (Phi) is 16.4. The van der Waals surface area contributed by atoms with Gasteiger partial charge in [0.2, 0.25) is 0 Å². The minimum absolute atomic E-state index is 0.0924. The highest BCUT2D eigenvalue weighted by atomic mass is 28.4. The third-order valence-corrected chi connectivity index (χ3v) is 16.9. The first-order chi connectivity index (χ1) is 31.9. The maximum atomic E-state index is 13.5. The number of amides is 4. The van der Waals surface area contributed by atoms with Crippen LogP contribution < -0.4 is 29.8 Å². The minimum Gasteiger partial charge on any atom is -0.486 e. The van der Waals surface area contributed by atoms with Gasteiger partial charge < -0.3 is 28.5 Å². The predicted molar refractivity (Wildman–Crippen MR) is 271 cm³/mol. The topological polar surface area (TPSA) is 165 Å². The molecule has 374 valence electrons. The van der Waals surface area contributed by atoms with Gasteiger partial charge in [-0.3, -0.25) is 30.0 Å². The molecule has 2 aliphatic heterocycles. The Morgan fingerprint density at radius 2 is 0.971 bits per heavy atom. The van der Waals surface area contributed by atoms with Gasteiger partial charge in [0, 0.05) is 33.4 Å². The van der Waals surface area contributed by atoms with Crippen molar-refractivity contribution in [1.29, 1.82) is 0 Å². The molecule has 3 N–H and O–H groups in total. The number of aliphatic hydroxyl groups is 1. The van der Waals surface area contributed by atoms with Gasteiger partial charge in [-0.15, -0.1) is 0 Å². The van der Waals surface area contributed by atoms with Crippen LogP contribution >= 0.6 is 0 Å². The summed E-state index contributed by atoms with van der Waals surface area (Å²) in [5.41, 5.74) is 11.3. The number of carbonyl (C=O) groups is 4. The number of nitrogens with one attached hydrogen (secondary N) is 2. The fraction of sp³-hybridized carbons (Fsp3) is 0.481. The van der Waals surface area contributed by atoms with Crippen LogP contribution in [0.15, 0.2) is 60.7 Å². The number of ether oxygens (including phenoxy) is 4. The van der Waals surface area contributed by atoms with Gasteiger partial charge in [0.1, 0.15) is 13.2 Å². The maximum absolute atomic E-state index is 13.5. The van der Waals surface area contributed by atoms with Crippen molar-refractivity contribution in [2.45, 2.75) is 145 Å². The van der Waals surface area contributed by atoms with Gasteiger partial charge in [-0.25, -0.2) is 10.0 Å². The summed E-state index contributed by atoms with van der Waals surface area (Å²) in [6.07, 6.45) is -0.757. The number of hydrogen-bond acceptors (Lipinski definition) is 10. The summed E-state index contributed by atoms with van der Waals surface area (Å²) in [5.74, 6) is 0.721. The van der Waals surface area contributed by atoms with Crippen molar-refractivity contribution >= 4 is 31.9 Å². The van der Waals surface area contributed by atoms with Crippen LogP contribution in [-0.2, 0) is 4.43 Å². The largest absolute Gasteiger partial charge is 0.486 e. The van der Waals surface area contributed by atoms with E-state index in [2.05, 4.69) is 44.7 Å². The lowest BCUT2D eigenvalue weighted by Gasteiger charge is -2.38. The molecule has 0 spiro atoms. The number of hydrazine groups is 2. The van der Waals surface area contributed by atoms with Crippen molar-refractivity contribution < 1.29 is 47.7 Å². The second-order valence-corrected chi connectivity index (χ2v) is 26.6. The molecule has 0 aliphatic carbocycles. The highest BCUT2D eigenvalue weighted by molar-refractivity contribution is 6.74. The Bertz CT molecular complexity index is 2530. The molecule has 0 fully saturated rings. The smallest absolute Gasteiger partial charge is 0.272 e. The second kappa shape index (κ2) is 21.0. The molecule has 0 aromatic heterocycles. The first kappa shape index (κ1) is 54.0. The first-order valence-electron chi connectivity index (χ1n) is 23.5. The number of hydrogen-bond donors (Lipinski definition) is 3. The Labute approximate surface area is 410 Å². The molecular formula is C54H74N4O10Si. The molecule has 0 unspecified atom stereocenters. The lowest BCUT2D eigenvalue weighted by atomic mass is 10.0. The molecule has 0 bridgehead atoms. The molecule has 4 amide bonds. The molecule has 2 aliphatic rings. The van der Waals surface area contributed by atoms with Crippen LogP contribution in [0.3, 0.4) is 0 Å². The Hall–Kier alpha value is -5.90. The number of rotatable bonds is 8. The van der Waals surface area contributed by atoms with Crippen molar-refractivity contribution in [3.05, 3.63) is 116 Å². The fourth-order valence-electron chi connectivity index (χ4n) is 7.63. The minimum atomic E-state index is -1.94. The van der Waals surface area contributed by atoms with E-state index >= 15 is 0 Å². The number of aliphatic hydroxyl groups excluding tert-OH is 1. The zero-order chi connectivity index (χ0) is 51.6. The number of benzene rings is 4. The van der Waals surface area contributed by atoms with Crippen LogP contribution in [0, 0.1) is 41.5 Å². The van der Waals surface area contributed by atoms with Crippen LogP contribution in [0.1, 0.15) is 137 Å². The molecule has 14 nitrogen and oxygen atoms in total. The summed E-state index contributed by atoms with van der Waals surface area (Å²) >= 11 is 0. The lowest BCUT2D eigenvalue weighted by Crippen LogP contribution is -2.56. The second-order valence-electron chi connectivity index (χ2n) is 21.7. The van der Waals surface area contributed by atoms with Gasteiger partial charge in [-0.05, 0) is 150 Å². The number of fused-ring (bicyclic) bond motifs is 2. The quantitative estimate of drug-likeness (QED) is 0.114. The van der Waals surface area contributed by atoms with Crippen molar-refractivity contribution in [2.24, 2.45) is 0 Å². The van der Waals surface area contributed by atoms with Gasteiger partial charge in [-0.1, -0.05) is 55.2 Å². The molecule has 2 atom stereocenters. The van der Waals surface area contributed by atoms with Crippen molar-refractivity contribution in [2.75, 3.05) is 26.4 Å². The molecule has 15 heteroatoms. The van der Waals surface area contributed by atoms with Crippen molar-refractivity contribution in [3.8, 4) is 23.0 Å². The molecule has 0 radical (unpaired) electrons. The van der Waals surface area contributed by atoms with E-state index in [-0.39, 0.29) is 42.1 Å². The van der Waals surface area contributed by atoms with Crippen molar-refractivity contribution in [1.82, 2.24) is 20.9 Å². The molecule has 0 saturated carbocycles. The Morgan fingerprint density at radius 3 is 1.32 bits per heavy atom. The van der Waals surface area contributed by atoms with Gasteiger partial charge >= 0.3 is 0 Å². The average Bonchev–Trinajstić information content (AvgIpc) is 3.24. The van der Waals surface area contributed by atoms with E-state index in [1.54, 1.807) is 31.2 Å². The summed E-state index contributed by atoms with van der Waals surface area (Å²) < 4.78 is 30.0. The van der Waals surface area contributed by atoms with Gasteiger partial charge in [0.15, 0.2) is 43.5 Å². The first-order valence-corrected chi connectivity index (χ1v) is 26.4. The van der Waals surface area contributed by atoms with E-state index < -0.39 is 31.4 Å². The molecule has 2 heterocycles. The van der Waals surface area contributed by atoms with Crippen LogP contribution in [-0.4, -0.2) is 96.8 Å². The van der Waals surface area contributed by atoms with E-state index in [0.29, 0.717) is 69.6 Å². The standard InChI is InChI=1S/C30H44N2O5Si.C24H30N2O5/c1-19-14-20(2)16-22(15-19)28(34)32(29(4,5)6)31-27(33)24-12-13-25-26(21(24)3)37-23(17-35-25)18-36-38(10,11)30(7,8)9;1-14-9-15(2)11-17(10-14)23(29)26(24(4,5)6)25-22(28)19-7-8-20-21(16(19)3)31-18(12-27)13-30-20/h12-16,23H,17-18H2,1-11H3,(H,31,33);7-11,18,27H,12-13H2,1-6H3,(H,25,28)/t23-;18-/m10/s1. The average molecular weight is 967 g/mol. The van der Waals surface area contributed by atoms with Crippen LogP contribution in [0.4, 0.5) is 0 Å². The van der Waals surface area contributed by atoms with Gasteiger partial charge in [-0.2, -0.15) is 0 Å². The number of nitrogens with zero attached hydrogens (tertiary/aromatic N) is 2. The summed E-state index contributed by atoms with van der Waals surface area (Å²) in [6.45, 7) is 34.5. The molecule has 69 heavy (non-hydrogen) atoms. The normalized spacial score (nSPS) is 15.6. The number of aryl methyl sites for hydroxylation is 4. The summed E-state index contributed by atoms with van der Waals surface area (Å²) in [4.78, 5) is 53.5. The molecule has 4 aromatic carbocycles. The monoisotopic (exact) mass is 967 g/mol. The van der Waals surface area contributed by atoms with Crippen LogP contribution in [0.25, 0.3) is 0 Å². The Morgan fingerprint density at radius 1 is 0.609 bits per heavy atom. The predicted octanol–water partition coefficient (Wildman–Crippen LogP) is 9.69. The van der Waals surface area contributed by atoms with E-state index in [1.807, 2.05) is 113 Å². The van der Waals surface area contributed by atoms with E-state index in [9.17, 15) is 24.3 Å². The van der Waals surface area contributed by atoms with Gasteiger partial charge in [0.25, 0.3) is 23.6 Å². The highest BCUT2D eigenvalue weighted by Crippen LogP contribution is 2.40. The maximum Gasteiger partial charge on any atom is 0.272 e. The zero-order valence-corrected chi connectivity index (χ0v) is 44.8. The van der Waals surface area contributed by atoms with Crippen LogP contribution in [0.2, 0.25) is 18.1 Å². The van der Waals surface area contributed by atoms with Gasteiger partial charge in [0.05, 0.1) is 24.3 Å². The number of carbonyl (C=O) groups excluding carboxylic acids is 4. The zero-order valence-electron chi connectivity index (χ0n) is 43.8. The fourth-order valence-corrected chi connectivity index (χ4v) is 8.66. The molecule has 0 saturated heterocycles. The van der Waals surface area contributed by atoms with E-state index in [4.69, 9.17) is 23.4 Å². The lowest BCUT2D eigenvalue weighted by molar-refractivity contribution is 0.0353. The van der Waals surface area contributed by atoms with E-state index in [0.717, 1.165) is 22.3 Å². The molecular weight excluding hydrogens is 893 g/mol. The summed E-state index contributed by atoms with van der Waals surface area (Å²) in [7, 11) is -1.94. The highest BCUT2D eigenvalue weighted by Gasteiger charge is 2.39. The molecule has 4 aromatic rings. The van der Waals surface area contributed by atoms with Crippen LogP contribution in [0.5, 0.6) is 23.0 Å². The SMILES string of the molecule is Cc1cc(C)cc(C(=O)N(NC(=O)c2ccc3c(c2C)O[C@@H](CO)CO3)C(C)(C)C)c1.Cc1cc(C)cc(C(=O)N(NC(=O)c2ccc3c(c2C)O[C@@H](CO[Si](C)(C)C(C)(C)C)CO3)C(C)(C)C)c1.